The third-order valence-electron chi connectivity index (χ3n) is 3.78. The van der Waals surface area contributed by atoms with Crippen LogP contribution in [0.15, 0.2) is 24.3 Å². The van der Waals surface area contributed by atoms with Gasteiger partial charge in [-0.2, -0.15) is 11.8 Å². The number of aliphatic hydroxyl groups excluding tert-OH is 1. The van der Waals surface area contributed by atoms with Gasteiger partial charge in [-0.3, -0.25) is 4.90 Å². The number of nitrogen functional groups attached to an aromatic ring is 1. The van der Waals surface area contributed by atoms with Gasteiger partial charge in [0.15, 0.2) is 0 Å². The topological polar surface area (TPSA) is 49.5 Å². The van der Waals surface area contributed by atoms with Crippen LogP contribution in [0.5, 0.6) is 0 Å². The molecule has 1 aliphatic heterocycles. The summed E-state index contributed by atoms with van der Waals surface area (Å²) in [4.78, 5) is 2.36. The Balaban J connectivity index is 2.03. The van der Waals surface area contributed by atoms with Gasteiger partial charge in [0.05, 0.1) is 6.10 Å². The SMILES string of the molecule is CC1SCCN(CC(O)c2ccccc2N)C1C. The van der Waals surface area contributed by atoms with Gasteiger partial charge in [0, 0.05) is 41.4 Å². The minimum Gasteiger partial charge on any atom is -0.398 e. The van der Waals surface area contributed by atoms with Crippen LogP contribution >= 0.6 is 11.8 Å². The number of anilines is 1. The molecule has 0 aromatic heterocycles. The molecule has 100 valence electrons. The highest BCUT2D eigenvalue weighted by atomic mass is 32.2. The fraction of sp³-hybridized carbons (Fsp3) is 0.571. The van der Waals surface area contributed by atoms with Crippen molar-refractivity contribution in [2.24, 2.45) is 0 Å². The molecule has 2 rings (SSSR count). The van der Waals surface area contributed by atoms with Crippen LogP contribution in [0.1, 0.15) is 25.5 Å². The lowest BCUT2D eigenvalue weighted by Gasteiger charge is -2.38. The fourth-order valence-corrected chi connectivity index (χ4v) is 3.55. The van der Waals surface area contributed by atoms with E-state index in [4.69, 9.17) is 5.73 Å². The Kier molecular flexibility index (Phi) is 4.54. The first-order valence-corrected chi connectivity index (χ1v) is 7.52. The number of nitrogens with zero attached hydrogens (tertiary/aromatic N) is 1. The Bertz CT molecular complexity index is 399. The van der Waals surface area contributed by atoms with E-state index in [0.717, 1.165) is 17.9 Å². The minimum atomic E-state index is -0.496. The molecule has 3 atom stereocenters. The second-order valence-corrected chi connectivity index (χ2v) is 6.44. The molecule has 1 saturated heterocycles. The summed E-state index contributed by atoms with van der Waals surface area (Å²) in [6.45, 7) is 6.20. The van der Waals surface area contributed by atoms with Crippen molar-refractivity contribution >= 4 is 17.4 Å². The van der Waals surface area contributed by atoms with Crippen LogP contribution in [0.3, 0.4) is 0 Å². The number of benzene rings is 1. The van der Waals surface area contributed by atoms with Gasteiger partial charge in [-0.25, -0.2) is 0 Å². The van der Waals surface area contributed by atoms with Crippen molar-refractivity contribution in [3.05, 3.63) is 29.8 Å². The van der Waals surface area contributed by atoms with E-state index in [9.17, 15) is 5.11 Å². The number of aliphatic hydroxyl groups is 1. The smallest absolute Gasteiger partial charge is 0.0936 e. The van der Waals surface area contributed by atoms with Crippen LogP contribution < -0.4 is 5.73 Å². The van der Waals surface area contributed by atoms with Crippen molar-refractivity contribution in [1.82, 2.24) is 4.90 Å². The zero-order valence-electron chi connectivity index (χ0n) is 11.0. The number of hydrogen-bond donors (Lipinski definition) is 2. The lowest BCUT2D eigenvalue weighted by molar-refractivity contribution is 0.0934. The average Bonchev–Trinajstić information content (AvgIpc) is 2.35. The summed E-state index contributed by atoms with van der Waals surface area (Å²) in [5, 5.41) is 11.0. The Morgan fingerprint density at radius 2 is 2.17 bits per heavy atom. The summed E-state index contributed by atoms with van der Waals surface area (Å²) in [5.74, 6) is 1.14. The Labute approximate surface area is 113 Å². The molecule has 0 radical (unpaired) electrons. The van der Waals surface area contributed by atoms with Crippen LogP contribution in [-0.2, 0) is 0 Å². The Morgan fingerprint density at radius 1 is 1.44 bits per heavy atom. The van der Waals surface area contributed by atoms with Gasteiger partial charge in [-0.15, -0.1) is 0 Å². The molecule has 18 heavy (non-hydrogen) atoms. The van der Waals surface area contributed by atoms with Crippen molar-refractivity contribution in [1.29, 1.82) is 0 Å². The van der Waals surface area contributed by atoms with Crippen LogP contribution in [0.2, 0.25) is 0 Å². The van der Waals surface area contributed by atoms with Gasteiger partial charge in [0.25, 0.3) is 0 Å². The predicted molar refractivity (Wildman–Crippen MR) is 78.8 cm³/mol. The number of para-hydroxylation sites is 1. The van der Waals surface area contributed by atoms with E-state index in [-0.39, 0.29) is 0 Å². The maximum atomic E-state index is 10.3. The molecular formula is C14H22N2OS. The van der Waals surface area contributed by atoms with E-state index in [1.165, 1.54) is 0 Å². The third-order valence-corrected chi connectivity index (χ3v) is 5.11. The molecule has 1 fully saturated rings. The van der Waals surface area contributed by atoms with Gasteiger partial charge in [-0.1, -0.05) is 25.1 Å². The van der Waals surface area contributed by atoms with Crippen molar-refractivity contribution in [2.75, 3.05) is 24.6 Å². The highest BCUT2D eigenvalue weighted by Crippen LogP contribution is 2.27. The van der Waals surface area contributed by atoms with E-state index in [0.29, 0.717) is 23.5 Å². The van der Waals surface area contributed by atoms with Crippen LogP contribution in [0.4, 0.5) is 5.69 Å². The number of rotatable bonds is 3. The van der Waals surface area contributed by atoms with Gasteiger partial charge in [-0.05, 0) is 13.0 Å². The second kappa shape index (κ2) is 5.95. The molecule has 3 N–H and O–H groups in total. The molecule has 0 saturated carbocycles. The number of nitrogens with two attached hydrogens (primary N) is 1. The van der Waals surface area contributed by atoms with E-state index < -0.39 is 6.10 Å². The lowest BCUT2D eigenvalue weighted by Crippen LogP contribution is -2.46. The largest absolute Gasteiger partial charge is 0.398 e. The molecular weight excluding hydrogens is 244 g/mol. The van der Waals surface area contributed by atoms with Crippen LogP contribution in [-0.4, -0.2) is 40.1 Å². The first kappa shape index (κ1) is 13.7. The molecule has 0 amide bonds. The highest BCUT2D eigenvalue weighted by Gasteiger charge is 2.27. The summed E-state index contributed by atoms with van der Waals surface area (Å²) < 4.78 is 0. The second-order valence-electron chi connectivity index (χ2n) is 4.96. The van der Waals surface area contributed by atoms with Gasteiger partial charge < -0.3 is 10.8 Å². The molecule has 1 heterocycles. The molecule has 1 aromatic carbocycles. The zero-order valence-corrected chi connectivity index (χ0v) is 11.9. The first-order chi connectivity index (χ1) is 8.59. The molecule has 3 nitrogen and oxygen atoms in total. The van der Waals surface area contributed by atoms with Crippen molar-refractivity contribution < 1.29 is 5.11 Å². The van der Waals surface area contributed by atoms with E-state index in [2.05, 4.69) is 18.7 Å². The van der Waals surface area contributed by atoms with Crippen LogP contribution in [0, 0.1) is 0 Å². The summed E-state index contributed by atoms with van der Waals surface area (Å²) in [5.41, 5.74) is 7.43. The predicted octanol–water partition coefficient (Wildman–Crippen LogP) is 2.13. The molecule has 1 aromatic rings. The number of thioether (sulfide) groups is 1. The maximum Gasteiger partial charge on any atom is 0.0936 e. The minimum absolute atomic E-state index is 0.496. The maximum absolute atomic E-state index is 10.3. The number of hydrogen-bond acceptors (Lipinski definition) is 4. The monoisotopic (exact) mass is 266 g/mol. The van der Waals surface area contributed by atoms with Gasteiger partial charge in [0.1, 0.15) is 0 Å². The quantitative estimate of drug-likeness (QED) is 0.823. The van der Waals surface area contributed by atoms with E-state index in [1.807, 2.05) is 36.0 Å². The normalized spacial score (nSPS) is 27.1. The average molecular weight is 266 g/mol. The third kappa shape index (κ3) is 2.99. The molecule has 0 aliphatic carbocycles. The van der Waals surface area contributed by atoms with E-state index in [1.54, 1.807) is 0 Å². The summed E-state index contributed by atoms with van der Waals surface area (Å²) in [6, 6.07) is 8.08. The van der Waals surface area contributed by atoms with Crippen molar-refractivity contribution in [3.8, 4) is 0 Å². The summed E-state index contributed by atoms with van der Waals surface area (Å²) in [7, 11) is 0. The van der Waals surface area contributed by atoms with Gasteiger partial charge in [0.2, 0.25) is 0 Å². The van der Waals surface area contributed by atoms with Crippen molar-refractivity contribution in [3.63, 3.8) is 0 Å². The molecule has 0 spiro atoms. The van der Waals surface area contributed by atoms with Gasteiger partial charge >= 0.3 is 0 Å². The highest BCUT2D eigenvalue weighted by molar-refractivity contribution is 8.00. The Morgan fingerprint density at radius 3 is 2.89 bits per heavy atom. The van der Waals surface area contributed by atoms with E-state index >= 15 is 0 Å². The standard InChI is InChI=1S/C14H22N2OS/c1-10-11(2)18-8-7-16(10)9-14(17)12-5-3-4-6-13(12)15/h3-6,10-11,14,17H,7-9,15H2,1-2H3. The molecule has 0 bridgehead atoms. The fourth-order valence-electron chi connectivity index (χ4n) is 2.39. The first-order valence-electron chi connectivity index (χ1n) is 6.47. The zero-order chi connectivity index (χ0) is 13.1. The summed E-state index contributed by atoms with van der Waals surface area (Å²) >= 11 is 2.01. The van der Waals surface area contributed by atoms with Crippen LogP contribution in [0.25, 0.3) is 0 Å². The van der Waals surface area contributed by atoms with Crippen molar-refractivity contribution in [2.45, 2.75) is 31.2 Å². The Hall–Kier alpha value is -0.710. The summed E-state index contributed by atoms with van der Waals surface area (Å²) in [6.07, 6.45) is -0.496. The number of β-amino-alcohol motifs (C(OH)–C–C–N with tert-alkyl or cyclic N) is 1. The molecule has 1 aliphatic rings. The lowest BCUT2D eigenvalue weighted by atomic mass is 10.1. The molecule has 4 heteroatoms. The molecule has 3 unspecified atom stereocenters.